The molecule has 0 aliphatic heterocycles. The average Bonchev–Trinajstić information content (AvgIpc) is 2.46. The summed E-state index contributed by atoms with van der Waals surface area (Å²) in [5, 5.41) is 12.7. The van der Waals surface area contributed by atoms with Gasteiger partial charge < -0.3 is 19.9 Å². The first-order valence-electron chi connectivity index (χ1n) is 6.61. The number of rotatable bonds is 4. The van der Waals surface area contributed by atoms with Crippen LogP contribution in [0.25, 0.3) is 0 Å². The number of methoxy groups -OCH3 is 2. The Morgan fingerprint density at radius 3 is 2.55 bits per heavy atom. The molecule has 2 N–H and O–H groups in total. The van der Waals surface area contributed by atoms with Crippen molar-refractivity contribution in [1.29, 1.82) is 0 Å². The topological polar surface area (TPSA) is 67.8 Å². The smallest absolute Gasteiger partial charge is 0.255 e. The minimum absolute atomic E-state index is 0.0408. The van der Waals surface area contributed by atoms with Gasteiger partial charge in [-0.15, -0.1) is 0 Å². The number of carbonyl (C=O) groups excluding carboxylic acids is 1. The second kappa shape index (κ2) is 5.32. The quantitative estimate of drug-likeness (QED) is 0.878. The zero-order valence-electron chi connectivity index (χ0n) is 12.3. The fourth-order valence-electron chi connectivity index (χ4n) is 2.37. The van der Waals surface area contributed by atoms with Crippen LogP contribution in [0.5, 0.6) is 11.5 Å². The van der Waals surface area contributed by atoms with Crippen molar-refractivity contribution < 1.29 is 19.4 Å². The molecule has 1 amide bonds. The van der Waals surface area contributed by atoms with Crippen molar-refractivity contribution >= 4 is 5.91 Å². The Balaban J connectivity index is 2.17. The molecule has 0 bridgehead atoms. The zero-order chi connectivity index (χ0) is 14.9. The first-order chi connectivity index (χ1) is 9.40. The lowest BCUT2D eigenvalue weighted by Crippen LogP contribution is -2.61. The largest absolute Gasteiger partial charge is 0.497 e. The van der Waals surface area contributed by atoms with Crippen molar-refractivity contribution in [2.24, 2.45) is 5.41 Å². The summed E-state index contributed by atoms with van der Waals surface area (Å²) in [5.41, 5.74) is 0.130. The van der Waals surface area contributed by atoms with E-state index in [1.807, 2.05) is 13.8 Å². The fourth-order valence-corrected chi connectivity index (χ4v) is 2.37. The highest BCUT2D eigenvalue weighted by Crippen LogP contribution is 2.40. The standard InChI is InChI=1S/C15H21NO4/c1-15(2)12(8-13(15)17)16-14(18)10-7-9(19-3)5-6-11(10)20-4/h5-7,12-13,17H,8H2,1-4H3,(H,16,18). The molecule has 5 nitrogen and oxygen atoms in total. The number of amides is 1. The van der Waals surface area contributed by atoms with Crippen LogP contribution in [0.4, 0.5) is 0 Å². The van der Waals surface area contributed by atoms with E-state index in [1.54, 1.807) is 25.3 Å². The van der Waals surface area contributed by atoms with Gasteiger partial charge in [-0.2, -0.15) is 0 Å². The van der Waals surface area contributed by atoms with Crippen molar-refractivity contribution in [2.75, 3.05) is 14.2 Å². The van der Waals surface area contributed by atoms with Crippen LogP contribution in [0.3, 0.4) is 0 Å². The molecule has 1 saturated carbocycles. The molecular formula is C15H21NO4. The summed E-state index contributed by atoms with van der Waals surface area (Å²) in [7, 11) is 3.07. The van der Waals surface area contributed by atoms with E-state index in [2.05, 4.69) is 5.32 Å². The molecule has 0 radical (unpaired) electrons. The molecule has 1 aliphatic carbocycles. The zero-order valence-corrected chi connectivity index (χ0v) is 12.3. The number of carbonyl (C=O) groups is 1. The molecule has 1 aliphatic rings. The van der Waals surface area contributed by atoms with E-state index in [9.17, 15) is 9.90 Å². The van der Waals surface area contributed by atoms with Crippen molar-refractivity contribution in [1.82, 2.24) is 5.32 Å². The Bertz CT molecular complexity index is 513. The Labute approximate surface area is 118 Å². The number of nitrogens with one attached hydrogen (secondary N) is 1. The summed E-state index contributed by atoms with van der Waals surface area (Å²) in [6.07, 6.45) is 0.199. The van der Waals surface area contributed by atoms with Crippen molar-refractivity contribution in [3.05, 3.63) is 23.8 Å². The summed E-state index contributed by atoms with van der Waals surface area (Å²) >= 11 is 0. The lowest BCUT2D eigenvalue weighted by Gasteiger charge is -2.49. The van der Waals surface area contributed by atoms with Gasteiger partial charge in [-0.05, 0) is 24.6 Å². The predicted octanol–water partition coefficient (Wildman–Crippen LogP) is 1.59. The molecule has 20 heavy (non-hydrogen) atoms. The van der Waals surface area contributed by atoms with E-state index < -0.39 is 0 Å². The molecule has 2 rings (SSSR count). The van der Waals surface area contributed by atoms with Crippen LogP contribution in [-0.4, -0.2) is 37.4 Å². The minimum atomic E-state index is -0.375. The van der Waals surface area contributed by atoms with Gasteiger partial charge in [0, 0.05) is 11.5 Å². The monoisotopic (exact) mass is 279 g/mol. The van der Waals surface area contributed by atoms with Gasteiger partial charge in [0.05, 0.1) is 25.9 Å². The molecule has 1 aromatic carbocycles. The summed E-state index contributed by atoms with van der Waals surface area (Å²) in [5.74, 6) is 0.885. The summed E-state index contributed by atoms with van der Waals surface area (Å²) in [4.78, 5) is 12.4. The van der Waals surface area contributed by atoms with E-state index >= 15 is 0 Å². The normalized spacial score (nSPS) is 23.6. The molecule has 110 valence electrons. The van der Waals surface area contributed by atoms with Crippen molar-refractivity contribution in [2.45, 2.75) is 32.4 Å². The third-order valence-corrected chi connectivity index (χ3v) is 4.17. The van der Waals surface area contributed by atoms with Gasteiger partial charge in [0.2, 0.25) is 0 Å². The Kier molecular flexibility index (Phi) is 3.90. The molecule has 2 atom stereocenters. The number of hydrogen-bond acceptors (Lipinski definition) is 4. The van der Waals surface area contributed by atoms with Crippen LogP contribution in [0.15, 0.2) is 18.2 Å². The van der Waals surface area contributed by atoms with E-state index in [0.29, 0.717) is 23.5 Å². The van der Waals surface area contributed by atoms with E-state index in [1.165, 1.54) is 7.11 Å². The molecule has 0 heterocycles. The van der Waals surface area contributed by atoms with Gasteiger partial charge >= 0.3 is 0 Å². The van der Waals surface area contributed by atoms with E-state index in [4.69, 9.17) is 9.47 Å². The number of benzene rings is 1. The van der Waals surface area contributed by atoms with Crippen LogP contribution in [-0.2, 0) is 0 Å². The predicted molar refractivity (Wildman–Crippen MR) is 75.2 cm³/mol. The van der Waals surface area contributed by atoms with Crippen molar-refractivity contribution in [3.8, 4) is 11.5 Å². The molecule has 1 fully saturated rings. The van der Waals surface area contributed by atoms with Crippen LogP contribution < -0.4 is 14.8 Å². The van der Waals surface area contributed by atoms with Crippen LogP contribution in [0, 0.1) is 5.41 Å². The molecule has 0 aromatic heterocycles. The minimum Gasteiger partial charge on any atom is -0.497 e. The highest BCUT2D eigenvalue weighted by atomic mass is 16.5. The summed E-state index contributed by atoms with van der Waals surface area (Å²) < 4.78 is 10.3. The molecular weight excluding hydrogens is 258 g/mol. The fraction of sp³-hybridized carbons (Fsp3) is 0.533. The second-order valence-corrected chi connectivity index (χ2v) is 5.67. The van der Waals surface area contributed by atoms with E-state index in [-0.39, 0.29) is 23.5 Å². The van der Waals surface area contributed by atoms with Crippen LogP contribution >= 0.6 is 0 Å². The maximum atomic E-state index is 12.4. The Morgan fingerprint density at radius 2 is 2.05 bits per heavy atom. The van der Waals surface area contributed by atoms with Gasteiger partial charge in [-0.1, -0.05) is 13.8 Å². The van der Waals surface area contributed by atoms with Crippen LogP contribution in [0.2, 0.25) is 0 Å². The third-order valence-electron chi connectivity index (χ3n) is 4.17. The SMILES string of the molecule is COc1ccc(OC)c(C(=O)NC2CC(O)C2(C)C)c1. The highest BCUT2D eigenvalue weighted by Gasteiger charge is 2.48. The Hall–Kier alpha value is -1.75. The number of aliphatic hydroxyl groups excluding tert-OH is 1. The lowest BCUT2D eigenvalue weighted by atomic mass is 9.64. The highest BCUT2D eigenvalue weighted by molar-refractivity contribution is 5.97. The van der Waals surface area contributed by atoms with E-state index in [0.717, 1.165) is 0 Å². The lowest BCUT2D eigenvalue weighted by molar-refractivity contribution is -0.0689. The molecule has 2 unspecified atom stereocenters. The molecule has 0 saturated heterocycles. The Morgan fingerprint density at radius 1 is 1.35 bits per heavy atom. The van der Waals surface area contributed by atoms with Gasteiger partial charge in [0.25, 0.3) is 5.91 Å². The summed E-state index contributed by atoms with van der Waals surface area (Å²) in [6.45, 7) is 3.88. The van der Waals surface area contributed by atoms with Gasteiger partial charge in [-0.25, -0.2) is 0 Å². The van der Waals surface area contributed by atoms with Crippen LogP contribution in [0.1, 0.15) is 30.6 Å². The number of hydrogen-bond donors (Lipinski definition) is 2. The molecule has 1 aromatic rings. The van der Waals surface area contributed by atoms with Gasteiger partial charge in [0.15, 0.2) is 0 Å². The van der Waals surface area contributed by atoms with Gasteiger partial charge in [0.1, 0.15) is 11.5 Å². The first kappa shape index (κ1) is 14.7. The maximum absolute atomic E-state index is 12.4. The average molecular weight is 279 g/mol. The second-order valence-electron chi connectivity index (χ2n) is 5.67. The molecule has 5 heteroatoms. The number of ether oxygens (including phenoxy) is 2. The molecule has 0 spiro atoms. The summed E-state index contributed by atoms with van der Waals surface area (Å²) in [6, 6.07) is 5.05. The van der Waals surface area contributed by atoms with Crippen molar-refractivity contribution in [3.63, 3.8) is 0 Å². The van der Waals surface area contributed by atoms with Gasteiger partial charge in [-0.3, -0.25) is 4.79 Å². The first-order valence-corrected chi connectivity index (χ1v) is 6.61. The number of aliphatic hydroxyl groups is 1. The third kappa shape index (κ3) is 2.45. The maximum Gasteiger partial charge on any atom is 0.255 e.